The average Bonchev–Trinajstić information content (AvgIpc) is 2.71. The molecule has 0 radical (unpaired) electrons. The number of amides is 1. The first-order valence-corrected chi connectivity index (χ1v) is 11.2. The molecule has 8 nitrogen and oxygen atoms in total. The van der Waals surface area contributed by atoms with Crippen LogP contribution in [0.4, 0.5) is 9.18 Å². The molecule has 10 heteroatoms. The Kier molecular flexibility index (Phi) is 7.19. The van der Waals surface area contributed by atoms with Gasteiger partial charge in [-0.25, -0.2) is 9.78 Å². The van der Waals surface area contributed by atoms with Crippen LogP contribution in [0.2, 0.25) is 0 Å². The number of ether oxygens (including phenoxy) is 3. The molecule has 1 aliphatic rings. The zero-order valence-electron chi connectivity index (χ0n) is 18.3. The highest BCUT2D eigenvalue weighted by atomic mass is 32.2. The number of hydrogen-bond acceptors (Lipinski definition) is 8. The van der Waals surface area contributed by atoms with Crippen molar-refractivity contribution in [3.8, 4) is 17.5 Å². The van der Waals surface area contributed by atoms with Crippen LogP contribution in [0.5, 0.6) is 17.5 Å². The van der Waals surface area contributed by atoms with Gasteiger partial charge in [0.1, 0.15) is 18.0 Å². The number of carbonyl (C=O) groups excluding carboxylic acids is 1. The number of thioether (sulfide) groups is 1. The van der Waals surface area contributed by atoms with E-state index in [4.69, 9.17) is 14.2 Å². The monoisotopic (exact) mass is 450 g/mol. The van der Waals surface area contributed by atoms with Crippen LogP contribution in [0.1, 0.15) is 39.3 Å². The molecular weight excluding hydrogens is 423 g/mol. The fraction of sp³-hybridized carbons (Fsp3) is 0.524. The third-order valence-corrected chi connectivity index (χ3v) is 5.17. The molecular formula is C21H27FN4O4S. The highest BCUT2D eigenvalue weighted by molar-refractivity contribution is 7.98. The second-order valence-corrected chi connectivity index (χ2v) is 8.95. The SMILES string of the molecule is CSc1ccc(Oc2ncnc(OC3CCN(C(=O)OC(C)(C)C)CC3)c2F)c(C)n1. The van der Waals surface area contributed by atoms with E-state index in [-0.39, 0.29) is 24.0 Å². The zero-order valence-corrected chi connectivity index (χ0v) is 19.2. The van der Waals surface area contributed by atoms with Crippen LogP contribution in [-0.4, -0.2) is 57.0 Å². The lowest BCUT2D eigenvalue weighted by atomic mass is 10.1. The summed E-state index contributed by atoms with van der Waals surface area (Å²) in [6.45, 7) is 8.18. The summed E-state index contributed by atoms with van der Waals surface area (Å²) in [5.74, 6) is -0.762. The van der Waals surface area contributed by atoms with Gasteiger partial charge in [0.15, 0.2) is 5.75 Å². The van der Waals surface area contributed by atoms with Crippen LogP contribution >= 0.6 is 11.8 Å². The van der Waals surface area contributed by atoms with Crippen molar-refractivity contribution in [1.29, 1.82) is 0 Å². The van der Waals surface area contributed by atoms with Crippen LogP contribution in [0.15, 0.2) is 23.5 Å². The smallest absolute Gasteiger partial charge is 0.410 e. The van der Waals surface area contributed by atoms with Gasteiger partial charge < -0.3 is 19.1 Å². The molecule has 31 heavy (non-hydrogen) atoms. The van der Waals surface area contributed by atoms with E-state index in [1.54, 1.807) is 24.0 Å². The molecule has 0 N–H and O–H groups in total. The maximum atomic E-state index is 14.9. The summed E-state index contributed by atoms with van der Waals surface area (Å²) < 4.78 is 31.7. The van der Waals surface area contributed by atoms with E-state index < -0.39 is 11.4 Å². The predicted molar refractivity (Wildman–Crippen MR) is 114 cm³/mol. The first-order chi connectivity index (χ1) is 14.7. The van der Waals surface area contributed by atoms with E-state index in [0.717, 1.165) is 5.03 Å². The third kappa shape index (κ3) is 6.19. The quantitative estimate of drug-likeness (QED) is 0.611. The van der Waals surface area contributed by atoms with Gasteiger partial charge in [-0.2, -0.15) is 14.4 Å². The lowest BCUT2D eigenvalue weighted by Gasteiger charge is -2.33. The summed E-state index contributed by atoms with van der Waals surface area (Å²) in [5, 5.41) is 0.842. The molecule has 1 fully saturated rings. The largest absolute Gasteiger partial charge is 0.472 e. The summed E-state index contributed by atoms with van der Waals surface area (Å²) in [6, 6.07) is 3.52. The molecule has 2 aromatic rings. The van der Waals surface area contributed by atoms with Crippen LogP contribution < -0.4 is 9.47 Å². The summed E-state index contributed by atoms with van der Waals surface area (Å²) in [7, 11) is 0. The number of aryl methyl sites for hydroxylation is 1. The van der Waals surface area contributed by atoms with Gasteiger partial charge in [-0.05, 0) is 46.1 Å². The summed E-state index contributed by atoms with van der Waals surface area (Å²) >= 11 is 1.51. The minimum atomic E-state index is -0.773. The summed E-state index contributed by atoms with van der Waals surface area (Å²) in [5.41, 5.74) is 0.0796. The van der Waals surface area contributed by atoms with E-state index in [1.807, 2.05) is 27.0 Å². The van der Waals surface area contributed by atoms with Crippen LogP contribution in [0.25, 0.3) is 0 Å². The first-order valence-electron chi connectivity index (χ1n) is 10.0. The molecule has 0 unspecified atom stereocenters. The number of likely N-dealkylation sites (tertiary alicyclic amines) is 1. The standard InChI is InChI=1S/C21H27FN4O4S/c1-13-15(6-7-16(25-13)31-5)29-19-17(22)18(23-12-24-19)28-14-8-10-26(11-9-14)20(27)30-21(2,3)4/h6-7,12,14H,8-11H2,1-5H3. The molecule has 1 amide bonds. The number of nitrogens with zero attached hydrogens (tertiary/aromatic N) is 4. The van der Waals surface area contributed by atoms with Gasteiger partial charge >= 0.3 is 6.09 Å². The van der Waals surface area contributed by atoms with Crippen molar-refractivity contribution < 1.29 is 23.4 Å². The van der Waals surface area contributed by atoms with E-state index in [0.29, 0.717) is 37.4 Å². The van der Waals surface area contributed by atoms with Gasteiger partial charge in [0.2, 0.25) is 5.82 Å². The molecule has 3 heterocycles. The molecule has 1 saturated heterocycles. The Bertz CT molecular complexity index is 930. The second kappa shape index (κ2) is 9.67. The Balaban J connectivity index is 1.62. The van der Waals surface area contributed by atoms with E-state index in [1.165, 1.54) is 18.1 Å². The van der Waals surface area contributed by atoms with Crippen LogP contribution in [0, 0.1) is 12.7 Å². The molecule has 0 aromatic carbocycles. The van der Waals surface area contributed by atoms with Gasteiger partial charge in [-0.1, -0.05) is 0 Å². The summed E-state index contributed by atoms with van der Waals surface area (Å²) in [4.78, 5) is 26.0. The van der Waals surface area contributed by atoms with Crippen molar-refractivity contribution in [2.24, 2.45) is 0 Å². The van der Waals surface area contributed by atoms with Crippen LogP contribution in [-0.2, 0) is 4.74 Å². The van der Waals surface area contributed by atoms with Gasteiger partial charge in [-0.15, -0.1) is 11.8 Å². The number of hydrogen-bond donors (Lipinski definition) is 0. The van der Waals surface area contributed by atoms with Crippen molar-refractivity contribution in [3.63, 3.8) is 0 Å². The lowest BCUT2D eigenvalue weighted by Crippen LogP contribution is -2.44. The molecule has 2 aromatic heterocycles. The first kappa shape index (κ1) is 23.1. The fourth-order valence-corrected chi connectivity index (χ4v) is 3.42. The van der Waals surface area contributed by atoms with Gasteiger partial charge in [0.05, 0.1) is 10.7 Å². The highest BCUT2D eigenvalue weighted by Crippen LogP contribution is 2.30. The van der Waals surface area contributed by atoms with Crippen molar-refractivity contribution in [1.82, 2.24) is 19.9 Å². The summed E-state index contributed by atoms with van der Waals surface area (Å²) in [6.07, 6.45) is 3.57. The zero-order chi connectivity index (χ0) is 22.6. The number of halogens is 1. The maximum absolute atomic E-state index is 14.9. The number of rotatable bonds is 5. The Hall–Kier alpha value is -2.62. The molecule has 0 spiro atoms. The van der Waals surface area contributed by atoms with E-state index in [9.17, 15) is 9.18 Å². The van der Waals surface area contributed by atoms with E-state index >= 15 is 0 Å². The molecule has 168 valence electrons. The highest BCUT2D eigenvalue weighted by Gasteiger charge is 2.29. The Morgan fingerprint density at radius 2 is 1.87 bits per heavy atom. The normalized spacial score (nSPS) is 15.0. The Morgan fingerprint density at radius 1 is 1.19 bits per heavy atom. The number of carbonyl (C=O) groups is 1. The van der Waals surface area contributed by atoms with Gasteiger partial charge in [0.25, 0.3) is 11.8 Å². The number of pyridine rings is 1. The molecule has 0 bridgehead atoms. The molecule has 0 atom stereocenters. The van der Waals surface area contributed by atoms with Crippen LogP contribution in [0.3, 0.4) is 0 Å². The second-order valence-electron chi connectivity index (χ2n) is 8.12. The van der Waals surface area contributed by atoms with E-state index in [2.05, 4.69) is 15.0 Å². The predicted octanol–water partition coefficient (Wildman–Crippen LogP) is 4.61. The van der Waals surface area contributed by atoms with Crippen molar-refractivity contribution >= 4 is 17.9 Å². The van der Waals surface area contributed by atoms with Gasteiger partial charge in [-0.3, -0.25) is 0 Å². The number of piperidine rings is 1. The van der Waals surface area contributed by atoms with Crippen molar-refractivity contribution in [3.05, 3.63) is 30.0 Å². The third-order valence-electron chi connectivity index (χ3n) is 4.53. The Labute approximate surface area is 185 Å². The minimum absolute atomic E-state index is 0.174. The molecule has 0 aliphatic carbocycles. The lowest BCUT2D eigenvalue weighted by molar-refractivity contribution is 0.0119. The Morgan fingerprint density at radius 3 is 2.48 bits per heavy atom. The minimum Gasteiger partial charge on any atom is -0.472 e. The number of aromatic nitrogens is 3. The molecule has 1 aliphatic heterocycles. The molecule has 0 saturated carbocycles. The fourth-order valence-electron chi connectivity index (χ4n) is 2.98. The van der Waals surface area contributed by atoms with Gasteiger partial charge in [0, 0.05) is 25.9 Å². The maximum Gasteiger partial charge on any atom is 0.410 e. The average molecular weight is 451 g/mol. The van der Waals surface area contributed by atoms with Crippen molar-refractivity contribution in [2.45, 2.75) is 57.3 Å². The molecule has 3 rings (SSSR count). The topological polar surface area (TPSA) is 86.7 Å². The van der Waals surface area contributed by atoms with Crippen molar-refractivity contribution in [2.75, 3.05) is 19.3 Å².